The van der Waals surface area contributed by atoms with Gasteiger partial charge >= 0.3 is 0 Å². The van der Waals surface area contributed by atoms with E-state index >= 15 is 0 Å². The second-order valence-electron chi connectivity index (χ2n) is 4.00. The van der Waals surface area contributed by atoms with Gasteiger partial charge in [-0.2, -0.15) is 0 Å². The third-order valence-corrected chi connectivity index (χ3v) is 2.77. The van der Waals surface area contributed by atoms with Crippen molar-refractivity contribution in [2.75, 3.05) is 13.1 Å². The normalized spacial score (nSPS) is 9.59. The second-order valence-corrected chi connectivity index (χ2v) is 4.00. The Bertz CT molecular complexity index is 366. The minimum absolute atomic E-state index is 0. The minimum Gasteiger partial charge on any atom is -0.352 e. The molecule has 1 rings (SSSR count). The topological polar surface area (TPSA) is 55.1 Å². The van der Waals surface area contributed by atoms with E-state index in [1.54, 1.807) is 0 Å². The van der Waals surface area contributed by atoms with Crippen LogP contribution in [0.15, 0.2) is 18.2 Å². The molecule has 0 unspecified atom stereocenters. The fourth-order valence-corrected chi connectivity index (χ4v) is 1.56. The molecule has 4 heteroatoms. The van der Waals surface area contributed by atoms with Crippen LogP contribution in [-0.2, 0) is 0 Å². The molecule has 1 amide bonds. The van der Waals surface area contributed by atoms with Gasteiger partial charge in [-0.25, -0.2) is 0 Å². The molecule has 0 bridgehead atoms. The van der Waals surface area contributed by atoms with Crippen LogP contribution in [-0.4, -0.2) is 19.0 Å². The number of nitrogens with one attached hydrogen (secondary N) is 1. The Morgan fingerprint density at radius 2 is 2.00 bits per heavy atom. The lowest BCUT2D eigenvalue weighted by Gasteiger charge is -2.09. The highest BCUT2D eigenvalue weighted by atomic mass is 35.5. The summed E-state index contributed by atoms with van der Waals surface area (Å²) in [5, 5.41) is 2.91. The fraction of sp³-hybridized carbons (Fsp3) is 0.462. The van der Waals surface area contributed by atoms with Crippen LogP contribution in [0.25, 0.3) is 0 Å². The van der Waals surface area contributed by atoms with Crippen molar-refractivity contribution in [3.63, 3.8) is 0 Å². The third-order valence-electron chi connectivity index (χ3n) is 2.77. The molecule has 0 heterocycles. The maximum atomic E-state index is 11.8. The summed E-state index contributed by atoms with van der Waals surface area (Å²) < 4.78 is 0. The number of rotatable bonds is 5. The number of nitrogens with two attached hydrogens (primary N) is 1. The zero-order valence-electron chi connectivity index (χ0n) is 10.5. The van der Waals surface area contributed by atoms with Crippen molar-refractivity contribution >= 4 is 18.3 Å². The maximum absolute atomic E-state index is 11.8. The van der Waals surface area contributed by atoms with Crippen molar-refractivity contribution in [3.05, 3.63) is 34.9 Å². The van der Waals surface area contributed by atoms with Gasteiger partial charge in [0.25, 0.3) is 5.91 Å². The molecule has 0 fully saturated rings. The quantitative estimate of drug-likeness (QED) is 0.794. The standard InChI is InChI=1S/C13H20N2O.ClH/c1-10-6-5-7-12(11(10)2)13(16)15-9-4-3-8-14;/h5-7H,3-4,8-9,14H2,1-2H3,(H,15,16);1H. The molecular formula is C13H21ClN2O. The monoisotopic (exact) mass is 256 g/mol. The zero-order chi connectivity index (χ0) is 12.0. The Morgan fingerprint density at radius 3 is 2.65 bits per heavy atom. The van der Waals surface area contributed by atoms with Crippen LogP contribution in [0, 0.1) is 13.8 Å². The van der Waals surface area contributed by atoms with E-state index in [0.29, 0.717) is 13.1 Å². The van der Waals surface area contributed by atoms with Gasteiger partial charge in [-0.15, -0.1) is 12.4 Å². The second kappa shape index (κ2) is 8.09. The van der Waals surface area contributed by atoms with Crippen molar-refractivity contribution in [3.8, 4) is 0 Å². The summed E-state index contributed by atoms with van der Waals surface area (Å²) in [6, 6.07) is 5.79. The average molecular weight is 257 g/mol. The number of hydrogen-bond acceptors (Lipinski definition) is 2. The summed E-state index contributed by atoms with van der Waals surface area (Å²) in [5.41, 5.74) is 8.36. The Kier molecular flexibility index (Phi) is 7.59. The van der Waals surface area contributed by atoms with Crippen molar-refractivity contribution in [2.24, 2.45) is 5.73 Å². The Hall–Kier alpha value is -1.06. The number of carbonyl (C=O) groups is 1. The van der Waals surface area contributed by atoms with Gasteiger partial charge in [0.05, 0.1) is 0 Å². The van der Waals surface area contributed by atoms with Gasteiger partial charge < -0.3 is 11.1 Å². The van der Waals surface area contributed by atoms with E-state index in [-0.39, 0.29) is 18.3 Å². The number of aryl methyl sites for hydroxylation is 1. The molecule has 0 spiro atoms. The Balaban J connectivity index is 0.00000256. The minimum atomic E-state index is 0. The first kappa shape index (κ1) is 15.9. The predicted octanol–water partition coefficient (Wildman–Crippen LogP) is 2.19. The Labute approximate surface area is 109 Å². The van der Waals surface area contributed by atoms with Crippen LogP contribution in [0.3, 0.4) is 0 Å². The summed E-state index contributed by atoms with van der Waals surface area (Å²) in [4.78, 5) is 11.8. The van der Waals surface area contributed by atoms with Crippen molar-refractivity contribution in [1.82, 2.24) is 5.32 Å². The van der Waals surface area contributed by atoms with Crippen LogP contribution < -0.4 is 11.1 Å². The third kappa shape index (κ3) is 4.75. The molecule has 0 aliphatic rings. The number of halogens is 1. The van der Waals surface area contributed by atoms with Crippen molar-refractivity contribution in [1.29, 1.82) is 0 Å². The molecule has 17 heavy (non-hydrogen) atoms. The van der Waals surface area contributed by atoms with Crippen molar-refractivity contribution < 1.29 is 4.79 Å². The largest absolute Gasteiger partial charge is 0.352 e. The van der Waals surface area contributed by atoms with Crippen LogP contribution in [0.2, 0.25) is 0 Å². The van der Waals surface area contributed by atoms with E-state index in [4.69, 9.17) is 5.73 Å². The van der Waals surface area contributed by atoms with Gasteiger partial charge in [0.1, 0.15) is 0 Å². The molecule has 0 atom stereocenters. The summed E-state index contributed by atoms with van der Waals surface area (Å²) in [6.45, 7) is 5.37. The van der Waals surface area contributed by atoms with Crippen LogP contribution in [0.4, 0.5) is 0 Å². The summed E-state index contributed by atoms with van der Waals surface area (Å²) >= 11 is 0. The number of benzene rings is 1. The van der Waals surface area contributed by atoms with Crippen LogP contribution in [0.5, 0.6) is 0 Å². The highest BCUT2D eigenvalue weighted by Gasteiger charge is 2.08. The molecule has 0 aromatic heterocycles. The number of amides is 1. The van der Waals surface area contributed by atoms with Gasteiger partial charge in [0.15, 0.2) is 0 Å². The maximum Gasteiger partial charge on any atom is 0.251 e. The molecule has 0 saturated heterocycles. The number of unbranched alkanes of at least 4 members (excludes halogenated alkanes) is 1. The molecule has 0 radical (unpaired) electrons. The molecule has 0 saturated carbocycles. The van der Waals surface area contributed by atoms with Gasteiger partial charge in [-0.1, -0.05) is 12.1 Å². The molecule has 0 aliphatic heterocycles. The summed E-state index contributed by atoms with van der Waals surface area (Å²) in [5.74, 6) is 0.0122. The molecule has 3 nitrogen and oxygen atoms in total. The van der Waals surface area contributed by atoms with Gasteiger partial charge in [-0.3, -0.25) is 4.79 Å². The lowest BCUT2D eigenvalue weighted by atomic mass is 10.0. The fourth-order valence-electron chi connectivity index (χ4n) is 1.56. The molecule has 0 aliphatic carbocycles. The lowest BCUT2D eigenvalue weighted by Crippen LogP contribution is -2.25. The van der Waals surface area contributed by atoms with E-state index in [9.17, 15) is 4.79 Å². The number of hydrogen-bond donors (Lipinski definition) is 2. The molecule has 1 aromatic rings. The average Bonchev–Trinajstić information content (AvgIpc) is 2.28. The van der Waals surface area contributed by atoms with Crippen LogP contribution >= 0.6 is 12.4 Å². The first-order valence-electron chi connectivity index (χ1n) is 5.71. The SMILES string of the molecule is Cc1cccc(C(=O)NCCCCN)c1C.Cl. The summed E-state index contributed by atoms with van der Waals surface area (Å²) in [6.07, 6.45) is 1.89. The molecule has 3 N–H and O–H groups in total. The highest BCUT2D eigenvalue weighted by Crippen LogP contribution is 2.12. The highest BCUT2D eigenvalue weighted by molar-refractivity contribution is 5.95. The first-order valence-corrected chi connectivity index (χ1v) is 5.71. The predicted molar refractivity (Wildman–Crippen MR) is 73.8 cm³/mol. The lowest BCUT2D eigenvalue weighted by molar-refractivity contribution is 0.0952. The zero-order valence-corrected chi connectivity index (χ0v) is 11.3. The van der Waals surface area contributed by atoms with Gasteiger partial charge in [0, 0.05) is 12.1 Å². The van der Waals surface area contributed by atoms with Gasteiger partial charge in [0.2, 0.25) is 0 Å². The smallest absolute Gasteiger partial charge is 0.251 e. The molecule has 1 aromatic carbocycles. The number of carbonyl (C=O) groups excluding carboxylic acids is 1. The van der Waals surface area contributed by atoms with Gasteiger partial charge in [-0.05, 0) is 50.4 Å². The first-order chi connectivity index (χ1) is 7.66. The van der Waals surface area contributed by atoms with E-state index in [1.807, 2.05) is 32.0 Å². The van der Waals surface area contributed by atoms with E-state index < -0.39 is 0 Å². The molecule has 96 valence electrons. The van der Waals surface area contributed by atoms with Crippen molar-refractivity contribution in [2.45, 2.75) is 26.7 Å². The Morgan fingerprint density at radius 1 is 1.29 bits per heavy atom. The summed E-state index contributed by atoms with van der Waals surface area (Å²) in [7, 11) is 0. The molecular weight excluding hydrogens is 236 g/mol. The van der Waals surface area contributed by atoms with E-state index in [2.05, 4.69) is 5.32 Å². The van der Waals surface area contributed by atoms with E-state index in [1.165, 1.54) is 0 Å². The van der Waals surface area contributed by atoms with E-state index in [0.717, 1.165) is 29.5 Å². The van der Waals surface area contributed by atoms with Crippen LogP contribution in [0.1, 0.15) is 34.3 Å².